The van der Waals surface area contributed by atoms with Crippen LogP contribution >= 0.6 is 0 Å². The Morgan fingerprint density at radius 1 is 1.47 bits per heavy atom. The van der Waals surface area contributed by atoms with Crippen molar-refractivity contribution in [3.8, 4) is 6.19 Å². The number of likely N-dealkylation sites (tertiary alicyclic amines) is 1. The second-order valence-electron chi connectivity index (χ2n) is 7.83. The number of hydrogen-bond acceptors (Lipinski definition) is 5. The van der Waals surface area contributed by atoms with E-state index in [0.29, 0.717) is 25.2 Å². The number of methoxy groups -OCH3 is 1. The maximum Gasteiger partial charge on any atom is 0.354 e. The Kier molecular flexibility index (Phi) is 5.15. The number of nitriles is 1. The van der Waals surface area contributed by atoms with Crippen molar-refractivity contribution in [2.75, 3.05) is 20.2 Å². The number of carbonyl (C=O) groups is 1. The molecule has 8 nitrogen and oxygen atoms in total. The summed E-state index contributed by atoms with van der Waals surface area (Å²) in [6.07, 6.45) is 7.54. The summed E-state index contributed by atoms with van der Waals surface area (Å²) >= 11 is 0. The number of ether oxygens (including phenoxy) is 1. The smallest absolute Gasteiger partial charge is 0.354 e. The van der Waals surface area contributed by atoms with Crippen molar-refractivity contribution >= 4 is 22.6 Å². The van der Waals surface area contributed by atoms with Crippen LogP contribution in [0.3, 0.4) is 0 Å². The predicted octanol–water partition coefficient (Wildman–Crippen LogP) is 4.54. The number of piperidine rings is 1. The zero-order chi connectivity index (χ0) is 21.3. The van der Waals surface area contributed by atoms with Crippen molar-refractivity contribution in [3.63, 3.8) is 0 Å². The number of benzene rings is 1. The molecule has 30 heavy (non-hydrogen) atoms. The van der Waals surface area contributed by atoms with E-state index in [1.165, 1.54) is 7.11 Å². The lowest BCUT2D eigenvalue weighted by Gasteiger charge is -2.49. The molecule has 0 radical (unpaired) electrons. The predicted molar refractivity (Wildman–Crippen MR) is 113 cm³/mol. The molecule has 1 aromatic heterocycles. The molecule has 4 rings (SSSR count). The highest BCUT2D eigenvalue weighted by Crippen LogP contribution is 2.55. The van der Waals surface area contributed by atoms with Crippen molar-refractivity contribution < 1.29 is 9.53 Å². The van der Waals surface area contributed by atoms with E-state index in [-0.39, 0.29) is 17.4 Å². The lowest BCUT2D eigenvalue weighted by molar-refractivity contribution is -0.134. The molecule has 0 unspecified atom stereocenters. The van der Waals surface area contributed by atoms with Crippen LogP contribution in [-0.2, 0) is 16.0 Å². The number of aromatic nitrogens is 1. The molecule has 2 aliphatic rings. The second-order valence-corrected chi connectivity index (χ2v) is 7.83. The van der Waals surface area contributed by atoms with Gasteiger partial charge in [0.05, 0.1) is 24.4 Å². The van der Waals surface area contributed by atoms with Gasteiger partial charge in [-0.05, 0) is 48.9 Å². The molecule has 154 valence electrons. The second kappa shape index (κ2) is 7.77. The zero-order valence-corrected chi connectivity index (χ0v) is 17.2. The van der Waals surface area contributed by atoms with Gasteiger partial charge in [0.25, 0.3) is 0 Å². The normalized spacial score (nSPS) is 22.4. The van der Waals surface area contributed by atoms with E-state index in [4.69, 9.17) is 10.3 Å². The van der Waals surface area contributed by atoms with E-state index in [0.717, 1.165) is 41.4 Å². The highest BCUT2D eigenvalue weighted by atomic mass is 16.5. The van der Waals surface area contributed by atoms with Crippen molar-refractivity contribution in [2.24, 2.45) is 10.5 Å². The van der Waals surface area contributed by atoms with Crippen molar-refractivity contribution in [1.82, 2.24) is 9.47 Å². The largest absolute Gasteiger partial charge is 0.464 e. The fraction of sp³-hybridized carbons (Fsp3) is 0.455. The van der Waals surface area contributed by atoms with Crippen molar-refractivity contribution in [3.05, 3.63) is 52.0 Å². The molecule has 1 fully saturated rings. The third kappa shape index (κ3) is 2.82. The number of esters is 1. The number of nitrogens with zero attached hydrogens (tertiary/aromatic N) is 6. The minimum Gasteiger partial charge on any atom is -0.464 e. The summed E-state index contributed by atoms with van der Waals surface area (Å²) in [6.45, 7) is 3.10. The third-order valence-corrected chi connectivity index (χ3v) is 6.55. The van der Waals surface area contributed by atoms with Crippen LogP contribution < -0.4 is 0 Å². The number of rotatable bonds is 5. The molecular formula is C22H24N6O2. The van der Waals surface area contributed by atoms with Crippen LogP contribution in [0.1, 0.15) is 43.5 Å². The summed E-state index contributed by atoms with van der Waals surface area (Å²) in [4.78, 5) is 17.6. The monoisotopic (exact) mass is 404 g/mol. The van der Waals surface area contributed by atoms with E-state index in [1.54, 1.807) is 0 Å². The molecule has 1 saturated heterocycles. The van der Waals surface area contributed by atoms with Gasteiger partial charge in [0, 0.05) is 28.8 Å². The molecule has 8 heteroatoms. The molecule has 0 amide bonds. The van der Waals surface area contributed by atoms with E-state index in [9.17, 15) is 10.1 Å². The highest BCUT2D eigenvalue weighted by molar-refractivity contribution is 6.13. The molecule has 0 N–H and O–H groups in total. The van der Waals surface area contributed by atoms with Crippen molar-refractivity contribution in [2.45, 2.75) is 38.6 Å². The van der Waals surface area contributed by atoms with Crippen LogP contribution in [0.4, 0.5) is 0 Å². The van der Waals surface area contributed by atoms with Crippen LogP contribution in [0.2, 0.25) is 0 Å². The lowest BCUT2D eigenvalue weighted by Crippen LogP contribution is -2.46. The van der Waals surface area contributed by atoms with Gasteiger partial charge in [0.1, 0.15) is 5.70 Å². The molecular weight excluding hydrogens is 380 g/mol. The molecule has 0 aliphatic carbocycles. The number of para-hydroxylation sites is 1. The van der Waals surface area contributed by atoms with E-state index in [2.05, 4.69) is 23.1 Å². The van der Waals surface area contributed by atoms with Crippen LogP contribution in [0.15, 0.2) is 35.5 Å². The average Bonchev–Trinajstić information content (AvgIpc) is 3.12. The lowest BCUT2D eigenvalue weighted by atomic mass is 9.67. The molecule has 3 heterocycles. The number of hydrogen-bond donors (Lipinski definition) is 0. The highest BCUT2D eigenvalue weighted by Gasteiger charge is 2.49. The Balaban J connectivity index is 2.08. The average molecular weight is 404 g/mol. The fourth-order valence-corrected chi connectivity index (χ4v) is 5.24. The van der Waals surface area contributed by atoms with Gasteiger partial charge in [-0.1, -0.05) is 30.2 Å². The number of azide groups is 1. The van der Waals surface area contributed by atoms with Gasteiger partial charge < -0.3 is 14.2 Å². The van der Waals surface area contributed by atoms with E-state index in [1.807, 2.05) is 39.8 Å². The molecule has 2 atom stereocenters. The Morgan fingerprint density at radius 2 is 2.27 bits per heavy atom. The summed E-state index contributed by atoms with van der Waals surface area (Å²) in [6, 6.07) is 7.72. The number of carbonyl (C=O) groups excluding carboxylic acids is 1. The third-order valence-electron chi connectivity index (χ3n) is 6.55. The summed E-state index contributed by atoms with van der Waals surface area (Å²) in [7, 11) is 1.39. The first kappa shape index (κ1) is 19.9. The van der Waals surface area contributed by atoms with Crippen LogP contribution in [0, 0.1) is 16.9 Å². The van der Waals surface area contributed by atoms with E-state index >= 15 is 0 Å². The van der Waals surface area contributed by atoms with Gasteiger partial charge in [-0.2, -0.15) is 5.26 Å². The number of fused-ring (bicyclic) bond motifs is 5. The molecule has 1 aromatic carbocycles. The molecule has 0 saturated carbocycles. The van der Waals surface area contributed by atoms with Gasteiger partial charge in [0.15, 0.2) is 6.19 Å². The SMILES string of the molecule is CC[C@]12C=C(C(=O)OC)n3c(c(CCN=[N+]=[N-])c4ccccc43)[C@H]1N(C#N)CCC2. The first-order chi connectivity index (χ1) is 14.6. The van der Waals surface area contributed by atoms with Gasteiger partial charge in [0.2, 0.25) is 0 Å². The molecule has 2 aliphatic heterocycles. The Morgan fingerprint density at radius 3 is 2.97 bits per heavy atom. The summed E-state index contributed by atoms with van der Waals surface area (Å²) in [5, 5.41) is 14.7. The van der Waals surface area contributed by atoms with Crippen LogP contribution in [-0.4, -0.2) is 35.6 Å². The van der Waals surface area contributed by atoms with Gasteiger partial charge in [-0.15, -0.1) is 0 Å². The first-order valence-electron chi connectivity index (χ1n) is 10.2. The summed E-state index contributed by atoms with van der Waals surface area (Å²) < 4.78 is 7.11. The Labute approximate surface area is 175 Å². The van der Waals surface area contributed by atoms with E-state index < -0.39 is 0 Å². The summed E-state index contributed by atoms with van der Waals surface area (Å²) in [5.74, 6) is -0.390. The minimum atomic E-state index is -0.390. The Hall–Kier alpha value is -3.43. The van der Waals surface area contributed by atoms with Crippen LogP contribution in [0.25, 0.3) is 27.0 Å². The standard InChI is InChI=1S/C22H24N6O2/c1-3-22-10-6-12-27(14-23)20(22)19-16(9-11-25-26-24)15-7-4-5-8-17(15)28(19)18(13-22)21(29)30-2/h4-5,7-8,13,20H,3,6,9-12H2,1-2H3/t20-,22+/m1/s1. The van der Waals surface area contributed by atoms with Gasteiger partial charge >= 0.3 is 5.97 Å². The molecule has 0 bridgehead atoms. The van der Waals surface area contributed by atoms with Crippen LogP contribution in [0.5, 0.6) is 0 Å². The molecule has 2 aromatic rings. The minimum absolute atomic E-state index is 0.178. The molecule has 0 spiro atoms. The summed E-state index contributed by atoms with van der Waals surface area (Å²) in [5.41, 5.74) is 11.8. The van der Waals surface area contributed by atoms with Gasteiger partial charge in [-0.25, -0.2) is 4.79 Å². The van der Waals surface area contributed by atoms with Gasteiger partial charge in [-0.3, -0.25) is 0 Å². The topological polar surface area (TPSA) is 107 Å². The maximum atomic E-state index is 12.9. The fourth-order valence-electron chi connectivity index (χ4n) is 5.24. The van der Waals surface area contributed by atoms with Crippen molar-refractivity contribution in [1.29, 1.82) is 5.26 Å². The maximum absolute atomic E-state index is 12.9. The first-order valence-corrected chi connectivity index (χ1v) is 10.2. The quantitative estimate of drug-likeness (QED) is 0.240. The zero-order valence-electron chi connectivity index (χ0n) is 17.2. The Bertz CT molecular complexity index is 1120.